The quantitative estimate of drug-likeness (QED) is 0.409. The minimum absolute atomic E-state index is 0. The summed E-state index contributed by atoms with van der Waals surface area (Å²) in [5.41, 5.74) is 5.33. The number of hydrogen-bond acceptors (Lipinski definition) is 5. The molecule has 20 heavy (non-hydrogen) atoms. The topological polar surface area (TPSA) is 135 Å². The third-order valence-corrected chi connectivity index (χ3v) is 4.28. The van der Waals surface area contributed by atoms with Crippen molar-refractivity contribution >= 4 is 66.3 Å². The summed E-state index contributed by atoms with van der Waals surface area (Å²) in [4.78, 5) is -0.904. The molecule has 104 valence electrons. The maximum atomic E-state index is 11.1. The van der Waals surface area contributed by atoms with Gasteiger partial charge in [-0.1, -0.05) is 6.07 Å². The van der Waals surface area contributed by atoms with Gasteiger partial charge in [0.25, 0.3) is 20.2 Å². The van der Waals surface area contributed by atoms with Crippen LogP contribution in [-0.2, 0) is 20.2 Å². The van der Waals surface area contributed by atoms with Gasteiger partial charge in [-0.2, -0.15) is 16.8 Å². The molecular formula is C10H10NNaO6S2. The number of anilines is 1. The minimum atomic E-state index is -4.51. The third kappa shape index (κ3) is 3.50. The molecule has 0 spiro atoms. The molecule has 0 radical (unpaired) electrons. The molecule has 0 saturated heterocycles. The third-order valence-electron chi connectivity index (χ3n) is 2.52. The fourth-order valence-corrected chi connectivity index (χ4v) is 2.80. The van der Waals surface area contributed by atoms with E-state index < -0.39 is 25.1 Å². The normalized spacial score (nSPS) is 12.1. The Bertz CT molecular complexity index is 876. The van der Waals surface area contributed by atoms with E-state index in [0.29, 0.717) is 5.39 Å². The predicted octanol–water partition coefficient (Wildman–Crippen LogP) is 0.267. The van der Waals surface area contributed by atoms with Crippen LogP contribution in [-0.4, -0.2) is 55.5 Å². The first-order valence-electron chi connectivity index (χ1n) is 4.87. The Morgan fingerprint density at radius 1 is 0.850 bits per heavy atom. The van der Waals surface area contributed by atoms with Crippen molar-refractivity contribution in [2.24, 2.45) is 0 Å². The molecule has 0 aliphatic heterocycles. The van der Waals surface area contributed by atoms with Crippen molar-refractivity contribution < 1.29 is 25.9 Å². The van der Waals surface area contributed by atoms with Crippen molar-refractivity contribution in [3.8, 4) is 0 Å². The molecule has 0 bridgehead atoms. The molecule has 0 aromatic heterocycles. The van der Waals surface area contributed by atoms with Crippen LogP contribution in [0, 0.1) is 0 Å². The standard InChI is InChI=1S/C10H9NO6S2.Na.H/c11-9-4-6-1-2-8(18(12,13)14)3-7(6)5-10(9)19(15,16)17;;/h1-5H,11H2,(H,12,13,14)(H,15,16,17);;. The average molecular weight is 327 g/mol. The molecule has 0 unspecified atom stereocenters. The SMILES string of the molecule is Nc1cc2ccc(S(=O)(=O)O)cc2cc1S(=O)(=O)O.[NaH]. The second-order valence-electron chi connectivity index (χ2n) is 3.85. The molecule has 0 aliphatic carbocycles. The Morgan fingerprint density at radius 2 is 1.45 bits per heavy atom. The van der Waals surface area contributed by atoms with Crippen LogP contribution in [0.15, 0.2) is 40.1 Å². The molecule has 0 saturated carbocycles. The van der Waals surface area contributed by atoms with Gasteiger partial charge in [0.05, 0.1) is 10.6 Å². The summed E-state index contributed by atoms with van der Waals surface area (Å²) in [6.07, 6.45) is 0. The first kappa shape index (κ1) is 17.4. The van der Waals surface area contributed by atoms with Gasteiger partial charge in [-0.3, -0.25) is 9.11 Å². The summed E-state index contributed by atoms with van der Waals surface area (Å²) in [5, 5.41) is 0.675. The summed E-state index contributed by atoms with van der Waals surface area (Å²) < 4.78 is 62.0. The van der Waals surface area contributed by atoms with Gasteiger partial charge in [0.2, 0.25) is 0 Å². The average Bonchev–Trinajstić information content (AvgIpc) is 2.24. The Hall–Kier alpha value is -0.680. The van der Waals surface area contributed by atoms with Crippen molar-refractivity contribution in [1.29, 1.82) is 0 Å². The summed E-state index contributed by atoms with van der Waals surface area (Å²) in [6.45, 7) is 0. The second kappa shape index (κ2) is 5.60. The van der Waals surface area contributed by atoms with Gasteiger partial charge in [-0.25, -0.2) is 0 Å². The van der Waals surface area contributed by atoms with E-state index in [1.165, 1.54) is 12.1 Å². The van der Waals surface area contributed by atoms with Crippen molar-refractivity contribution in [2.75, 3.05) is 5.73 Å². The first-order valence-corrected chi connectivity index (χ1v) is 7.75. The van der Waals surface area contributed by atoms with Crippen molar-refractivity contribution in [3.05, 3.63) is 30.3 Å². The van der Waals surface area contributed by atoms with Crippen LogP contribution in [0.2, 0.25) is 0 Å². The molecule has 0 aliphatic rings. The van der Waals surface area contributed by atoms with E-state index in [2.05, 4.69) is 0 Å². The van der Waals surface area contributed by atoms with E-state index in [4.69, 9.17) is 14.8 Å². The molecule has 2 aromatic carbocycles. The molecule has 2 rings (SSSR count). The predicted molar refractivity (Wildman–Crippen MR) is 75.1 cm³/mol. The Kier molecular flexibility index (Phi) is 4.87. The van der Waals surface area contributed by atoms with Crippen molar-refractivity contribution in [3.63, 3.8) is 0 Å². The Labute approximate surface area is 137 Å². The van der Waals surface area contributed by atoms with Gasteiger partial charge in [-0.05, 0) is 35.0 Å². The van der Waals surface area contributed by atoms with Crippen LogP contribution in [0.4, 0.5) is 5.69 Å². The molecule has 2 aromatic rings. The fourth-order valence-electron chi connectivity index (χ4n) is 1.66. The van der Waals surface area contributed by atoms with Crippen LogP contribution >= 0.6 is 0 Å². The van der Waals surface area contributed by atoms with E-state index >= 15 is 0 Å². The molecule has 0 amide bonds. The second-order valence-corrected chi connectivity index (χ2v) is 6.66. The Balaban J connectivity index is 0.00000200. The van der Waals surface area contributed by atoms with E-state index in [0.717, 1.165) is 18.2 Å². The van der Waals surface area contributed by atoms with Crippen molar-refractivity contribution in [1.82, 2.24) is 0 Å². The zero-order chi connectivity index (χ0) is 14.4. The number of nitrogen functional groups attached to an aromatic ring is 1. The van der Waals surface area contributed by atoms with E-state index in [1.807, 2.05) is 0 Å². The molecule has 0 atom stereocenters. The van der Waals surface area contributed by atoms with Crippen LogP contribution in [0.3, 0.4) is 0 Å². The van der Waals surface area contributed by atoms with Crippen LogP contribution in [0.1, 0.15) is 0 Å². The molecule has 10 heteroatoms. The van der Waals surface area contributed by atoms with Gasteiger partial charge < -0.3 is 5.73 Å². The number of benzene rings is 2. The summed E-state index contributed by atoms with van der Waals surface area (Å²) >= 11 is 0. The van der Waals surface area contributed by atoms with Crippen LogP contribution < -0.4 is 5.73 Å². The molecular weight excluding hydrogens is 317 g/mol. The van der Waals surface area contributed by atoms with Gasteiger partial charge >= 0.3 is 29.6 Å². The van der Waals surface area contributed by atoms with Gasteiger partial charge in [0.1, 0.15) is 4.90 Å². The summed E-state index contributed by atoms with van der Waals surface area (Å²) in [6, 6.07) is 5.92. The molecule has 0 heterocycles. The first-order chi connectivity index (χ1) is 8.59. The molecule has 0 fully saturated rings. The van der Waals surface area contributed by atoms with Gasteiger partial charge in [0.15, 0.2) is 0 Å². The fraction of sp³-hybridized carbons (Fsp3) is 0. The zero-order valence-corrected chi connectivity index (χ0v) is 10.9. The number of rotatable bonds is 2. The van der Waals surface area contributed by atoms with E-state index in [9.17, 15) is 16.8 Å². The van der Waals surface area contributed by atoms with Crippen LogP contribution in [0.25, 0.3) is 10.8 Å². The van der Waals surface area contributed by atoms with Gasteiger partial charge in [0, 0.05) is 0 Å². The Morgan fingerprint density at radius 3 is 1.95 bits per heavy atom. The van der Waals surface area contributed by atoms with Crippen molar-refractivity contribution in [2.45, 2.75) is 9.79 Å². The van der Waals surface area contributed by atoms with E-state index in [1.54, 1.807) is 0 Å². The number of fused-ring (bicyclic) bond motifs is 1. The van der Waals surface area contributed by atoms with Gasteiger partial charge in [-0.15, -0.1) is 0 Å². The zero-order valence-electron chi connectivity index (χ0n) is 9.31. The maximum absolute atomic E-state index is 11.1. The van der Waals surface area contributed by atoms with E-state index in [-0.39, 0.29) is 45.5 Å². The monoisotopic (exact) mass is 327 g/mol. The number of hydrogen-bond donors (Lipinski definition) is 3. The van der Waals surface area contributed by atoms with Crippen LogP contribution in [0.5, 0.6) is 0 Å². The number of nitrogens with two attached hydrogens (primary N) is 1. The summed E-state index contributed by atoms with van der Waals surface area (Å²) in [7, 11) is -8.91. The molecule has 4 N–H and O–H groups in total. The summed E-state index contributed by atoms with van der Waals surface area (Å²) in [5.74, 6) is 0. The molecule has 7 nitrogen and oxygen atoms in total.